The van der Waals surface area contributed by atoms with Crippen molar-refractivity contribution in [3.8, 4) is 0 Å². The van der Waals surface area contributed by atoms with Crippen molar-refractivity contribution >= 4 is 11.8 Å². The number of nitrogens with two attached hydrogens (primary N) is 1. The van der Waals surface area contributed by atoms with Gasteiger partial charge in [0, 0.05) is 50.0 Å². The van der Waals surface area contributed by atoms with E-state index in [1.165, 1.54) is 4.90 Å². The van der Waals surface area contributed by atoms with E-state index in [0.29, 0.717) is 25.4 Å². The summed E-state index contributed by atoms with van der Waals surface area (Å²) in [7, 11) is 0. The number of carbonyl (C=O) groups is 2. The first-order valence-electron chi connectivity index (χ1n) is 10.7. The number of amides is 2. The van der Waals surface area contributed by atoms with Gasteiger partial charge in [0.05, 0.1) is 12.2 Å². The fraction of sp³-hybridized carbons (Fsp3) is 0.714. The van der Waals surface area contributed by atoms with Crippen LogP contribution in [0.15, 0.2) is 0 Å². The lowest BCUT2D eigenvalue weighted by molar-refractivity contribution is -0.142. The summed E-state index contributed by atoms with van der Waals surface area (Å²) in [6.45, 7) is 6.64. The molecule has 0 aliphatic carbocycles. The van der Waals surface area contributed by atoms with Crippen molar-refractivity contribution in [3.05, 3.63) is 22.8 Å². The third-order valence-electron chi connectivity index (χ3n) is 5.85. The monoisotopic (exact) mass is 441 g/mol. The van der Waals surface area contributed by atoms with Crippen LogP contribution < -0.4 is 5.73 Å². The van der Waals surface area contributed by atoms with Crippen LogP contribution >= 0.6 is 0 Å². The van der Waals surface area contributed by atoms with Gasteiger partial charge < -0.3 is 15.5 Å². The molecule has 2 atom stereocenters. The van der Waals surface area contributed by atoms with Gasteiger partial charge in [-0.15, -0.1) is 0 Å². The van der Waals surface area contributed by atoms with Crippen LogP contribution in [0.4, 0.5) is 13.2 Å². The molecule has 0 spiro atoms. The number of aromatic nitrogens is 2. The summed E-state index contributed by atoms with van der Waals surface area (Å²) in [6.07, 6.45) is -3.14. The van der Waals surface area contributed by atoms with Crippen molar-refractivity contribution in [1.29, 1.82) is 0 Å². The van der Waals surface area contributed by atoms with Gasteiger partial charge in [0.25, 0.3) is 0 Å². The van der Waals surface area contributed by atoms with E-state index >= 15 is 0 Å². The Labute approximate surface area is 180 Å². The van der Waals surface area contributed by atoms with E-state index in [2.05, 4.69) is 16.9 Å². The number of likely N-dealkylation sites (tertiary alicyclic amines) is 1. The average Bonchev–Trinajstić information content (AvgIpc) is 2.68. The minimum absolute atomic E-state index is 0.00584. The lowest BCUT2D eigenvalue weighted by Crippen LogP contribution is -2.48. The highest BCUT2D eigenvalue weighted by atomic mass is 19.4. The predicted octanol–water partition coefficient (Wildman–Crippen LogP) is 2.48. The van der Waals surface area contributed by atoms with E-state index in [-0.39, 0.29) is 60.7 Å². The van der Waals surface area contributed by atoms with E-state index in [0.717, 1.165) is 6.42 Å². The van der Waals surface area contributed by atoms with Crippen LogP contribution in [0, 0.1) is 5.92 Å². The highest BCUT2D eigenvalue weighted by molar-refractivity contribution is 5.78. The van der Waals surface area contributed by atoms with Crippen molar-refractivity contribution in [1.82, 2.24) is 19.8 Å². The molecule has 0 aromatic carbocycles. The lowest BCUT2D eigenvalue weighted by atomic mass is 9.98. The Morgan fingerprint density at radius 3 is 2.61 bits per heavy atom. The number of hydrogen-bond acceptors (Lipinski definition) is 5. The molecule has 31 heavy (non-hydrogen) atoms. The third kappa shape index (κ3) is 5.53. The second-order valence-electron chi connectivity index (χ2n) is 8.98. The van der Waals surface area contributed by atoms with Crippen LogP contribution in [0.1, 0.15) is 68.7 Å². The molecule has 2 N–H and O–H groups in total. The first-order chi connectivity index (χ1) is 14.5. The Morgan fingerprint density at radius 2 is 1.97 bits per heavy atom. The number of halogens is 3. The summed E-state index contributed by atoms with van der Waals surface area (Å²) in [6, 6.07) is -0.523. The second kappa shape index (κ2) is 9.10. The van der Waals surface area contributed by atoms with Crippen LogP contribution in [-0.4, -0.2) is 57.3 Å². The lowest BCUT2D eigenvalue weighted by Gasteiger charge is -2.34. The predicted molar refractivity (Wildman–Crippen MR) is 108 cm³/mol. The maximum Gasteiger partial charge on any atom is 0.433 e. The Morgan fingerprint density at radius 1 is 1.26 bits per heavy atom. The maximum absolute atomic E-state index is 13.5. The van der Waals surface area contributed by atoms with Gasteiger partial charge in [-0.1, -0.05) is 20.8 Å². The maximum atomic E-state index is 13.5. The molecule has 0 radical (unpaired) electrons. The highest BCUT2D eigenvalue weighted by Crippen LogP contribution is 2.34. The van der Waals surface area contributed by atoms with E-state index in [1.54, 1.807) is 18.7 Å². The standard InChI is InChI=1S/C21H30F3N5O2/c1-12(2)20-26-16-11-28(7-6-15(16)19(27-20)21(22,23)24)18(31)8-14(25)10-29-9-13(3)4-5-17(29)30/h12-14H,4-11,25H2,1-3H3/t13?,14-/m1/s1. The van der Waals surface area contributed by atoms with Gasteiger partial charge in [-0.3, -0.25) is 9.59 Å². The molecule has 2 aliphatic rings. The number of piperidine rings is 1. The number of hydrogen-bond donors (Lipinski definition) is 1. The molecule has 1 saturated heterocycles. The van der Waals surface area contributed by atoms with Crippen molar-refractivity contribution < 1.29 is 22.8 Å². The molecule has 2 amide bonds. The minimum Gasteiger partial charge on any atom is -0.341 e. The highest BCUT2D eigenvalue weighted by Gasteiger charge is 2.39. The number of fused-ring (bicyclic) bond motifs is 1. The first-order valence-corrected chi connectivity index (χ1v) is 10.7. The summed E-state index contributed by atoms with van der Waals surface area (Å²) in [5.74, 6) is 0.0569. The fourth-order valence-electron chi connectivity index (χ4n) is 4.13. The summed E-state index contributed by atoms with van der Waals surface area (Å²) in [5, 5.41) is 0. The van der Waals surface area contributed by atoms with E-state index in [9.17, 15) is 22.8 Å². The van der Waals surface area contributed by atoms with Gasteiger partial charge in [0.1, 0.15) is 5.82 Å². The largest absolute Gasteiger partial charge is 0.433 e. The van der Waals surface area contributed by atoms with Crippen LogP contribution in [0.25, 0.3) is 0 Å². The summed E-state index contributed by atoms with van der Waals surface area (Å²) in [4.78, 5) is 36.1. The van der Waals surface area contributed by atoms with Gasteiger partial charge >= 0.3 is 6.18 Å². The Kier molecular flexibility index (Phi) is 6.88. The van der Waals surface area contributed by atoms with Gasteiger partial charge in [0.2, 0.25) is 11.8 Å². The Bertz CT molecular complexity index is 843. The SMILES string of the molecule is CC1CCC(=O)N(C[C@H](N)CC(=O)N2CCc3c(nc(C(C)C)nc3C(F)(F)F)C2)C1. The zero-order valence-electron chi connectivity index (χ0n) is 18.2. The molecule has 0 saturated carbocycles. The molecule has 3 heterocycles. The molecule has 1 aromatic heterocycles. The van der Waals surface area contributed by atoms with Crippen molar-refractivity contribution in [2.45, 2.75) is 71.1 Å². The van der Waals surface area contributed by atoms with Crippen LogP contribution in [0.3, 0.4) is 0 Å². The van der Waals surface area contributed by atoms with Gasteiger partial charge in [-0.25, -0.2) is 9.97 Å². The molecule has 1 unspecified atom stereocenters. The van der Waals surface area contributed by atoms with Crippen molar-refractivity contribution in [2.24, 2.45) is 11.7 Å². The van der Waals surface area contributed by atoms with E-state index in [4.69, 9.17) is 5.73 Å². The summed E-state index contributed by atoms with van der Waals surface area (Å²) >= 11 is 0. The van der Waals surface area contributed by atoms with E-state index in [1.807, 2.05) is 0 Å². The molecule has 0 bridgehead atoms. The van der Waals surface area contributed by atoms with Crippen molar-refractivity contribution in [2.75, 3.05) is 19.6 Å². The Hall–Kier alpha value is -2.23. The number of nitrogens with zero attached hydrogens (tertiary/aromatic N) is 4. The van der Waals surface area contributed by atoms with Gasteiger partial charge in [0.15, 0.2) is 5.69 Å². The fourth-order valence-corrected chi connectivity index (χ4v) is 4.13. The number of rotatable bonds is 5. The molecular weight excluding hydrogens is 411 g/mol. The average molecular weight is 441 g/mol. The smallest absolute Gasteiger partial charge is 0.341 e. The zero-order chi connectivity index (χ0) is 22.9. The minimum atomic E-state index is -4.57. The number of alkyl halides is 3. The second-order valence-corrected chi connectivity index (χ2v) is 8.98. The zero-order valence-corrected chi connectivity index (χ0v) is 18.2. The molecular formula is C21H30F3N5O2. The first kappa shape index (κ1) is 23.4. The third-order valence-corrected chi connectivity index (χ3v) is 5.85. The molecule has 10 heteroatoms. The quantitative estimate of drug-likeness (QED) is 0.758. The van der Waals surface area contributed by atoms with E-state index < -0.39 is 17.9 Å². The van der Waals surface area contributed by atoms with Crippen LogP contribution in [-0.2, 0) is 28.7 Å². The summed E-state index contributed by atoms with van der Waals surface area (Å²) < 4.78 is 40.5. The van der Waals surface area contributed by atoms with Crippen molar-refractivity contribution in [3.63, 3.8) is 0 Å². The van der Waals surface area contributed by atoms with Crippen LogP contribution in [0.2, 0.25) is 0 Å². The van der Waals surface area contributed by atoms with Gasteiger partial charge in [-0.2, -0.15) is 13.2 Å². The molecule has 1 fully saturated rings. The molecule has 1 aromatic rings. The molecule has 2 aliphatic heterocycles. The normalized spacial score (nSPS) is 20.8. The topological polar surface area (TPSA) is 92.4 Å². The molecule has 3 rings (SSSR count). The van der Waals surface area contributed by atoms with Crippen LogP contribution in [0.5, 0.6) is 0 Å². The molecule has 7 nitrogen and oxygen atoms in total. The molecule has 172 valence electrons. The number of carbonyl (C=O) groups excluding carboxylic acids is 2. The van der Waals surface area contributed by atoms with Gasteiger partial charge in [-0.05, 0) is 18.8 Å². The summed E-state index contributed by atoms with van der Waals surface area (Å²) in [5.41, 5.74) is 5.56. The Balaban J connectivity index is 1.69.